The molecule has 2 aliphatic carbocycles. The molecule has 7 nitrogen and oxygen atoms in total. The summed E-state index contributed by atoms with van der Waals surface area (Å²) in [5, 5.41) is 0. The second-order valence-corrected chi connectivity index (χ2v) is 16.6. The SMILES string of the molecule is COc1cc(C2=C(c3ccc(S(C)(=O)=O)cc3)CCC2)cnc1C.Cc1ncc(C2=C(c3ccc(S(C)(=O)=O)cc3)CCC2)cc1C(F)(F)F. The summed E-state index contributed by atoms with van der Waals surface area (Å²) in [6.07, 6.45) is 6.63. The second-order valence-electron chi connectivity index (χ2n) is 12.6. The molecular weight excluding hydrogens is 686 g/mol. The van der Waals surface area contributed by atoms with E-state index in [0.29, 0.717) is 16.9 Å². The van der Waals surface area contributed by atoms with Gasteiger partial charge in [0.2, 0.25) is 0 Å². The molecule has 264 valence electrons. The standard InChI is InChI=1S/C19H18F3NO2S.C19H21NO3S/c1-12-18(19(20,21)22)10-14(11-23-12)17-5-3-4-16(17)13-6-8-15(9-7-13)26(2,24)25;1-13-19(23-2)11-15(12-20-13)18-6-4-5-17(18)14-7-9-16(10-8-14)24(3,21)22/h6-11H,3-5H2,1-2H3;7-12H,4-6H2,1-3H3. The molecule has 0 unspecified atom stereocenters. The van der Waals surface area contributed by atoms with Crippen molar-refractivity contribution in [3.8, 4) is 5.75 Å². The lowest BCUT2D eigenvalue weighted by Gasteiger charge is -2.13. The van der Waals surface area contributed by atoms with Crippen molar-refractivity contribution < 1.29 is 34.7 Å². The van der Waals surface area contributed by atoms with Gasteiger partial charge in [0, 0.05) is 30.6 Å². The molecule has 6 rings (SSSR count). The van der Waals surface area contributed by atoms with Gasteiger partial charge in [-0.25, -0.2) is 16.8 Å². The van der Waals surface area contributed by atoms with Gasteiger partial charge in [0.05, 0.1) is 28.2 Å². The number of halogens is 3. The minimum absolute atomic E-state index is 0.0427. The van der Waals surface area contributed by atoms with Gasteiger partial charge < -0.3 is 4.74 Å². The predicted octanol–water partition coefficient (Wildman–Crippen LogP) is 8.80. The molecule has 0 amide bonds. The molecule has 2 aliphatic rings. The van der Waals surface area contributed by atoms with Crippen LogP contribution in [-0.4, -0.2) is 46.4 Å². The van der Waals surface area contributed by atoms with Gasteiger partial charge in [0.15, 0.2) is 19.7 Å². The minimum Gasteiger partial charge on any atom is -0.495 e. The number of aryl methyl sites for hydroxylation is 2. The number of hydrogen-bond donors (Lipinski definition) is 0. The van der Waals surface area contributed by atoms with E-state index in [-0.39, 0.29) is 10.6 Å². The monoisotopic (exact) mass is 724 g/mol. The van der Waals surface area contributed by atoms with Crippen LogP contribution in [0.4, 0.5) is 13.2 Å². The average Bonchev–Trinajstić information content (AvgIpc) is 3.75. The zero-order chi connectivity index (χ0) is 36.4. The fourth-order valence-corrected chi connectivity index (χ4v) is 7.70. The molecule has 0 N–H and O–H groups in total. The lowest BCUT2D eigenvalue weighted by Crippen LogP contribution is -2.09. The fourth-order valence-electron chi connectivity index (χ4n) is 6.44. The van der Waals surface area contributed by atoms with Crippen LogP contribution in [0.3, 0.4) is 0 Å². The van der Waals surface area contributed by atoms with E-state index in [1.54, 1.807) is 31.4 Å². The number of rotatable bonds is 7. The zero-order valence-electron chi connectivity index (χ0n) is 28.6. The number of pyridine rings is 2. The molecule has 0 bridgehead atoms. The number of benzene rings is 2. The Balaban J connectivity index is 0.000000195. The number of allylic oxidation sites excluding steroid dienone is 4. The van der Waals surface area contributed by atoms with Crippen molar-refractivity contribution in [2.75, 3.05) is 19.6 Å². The third-order valence-electron chi connectivity index (χ3n) is 9.05. The van der Waals surface area contributed by atoms with Gasteiger partial charge in [-0.15, -0.1) is 0 Å². The van der Waals surface area contributed by atoms with Crippen LogP contribution in [0.2, 0.25) is 0 Å². The van der Waals surface area contributed by atoms with Crippen molar-refractivity contribution in [3.63, 3.8) is 0 Å². The maximum absolute atomic E-state index is 13.2. The van der Waals surface area contributed by atoms with Crippen LogP contribution in [0.1, 0.15) is 77.7 Å². The summed E-state index contributed by atoms with van der Waals surface area (Å²) in [6.45, 7) is 3.27. The smallest absolute Gasteiger partial charge is 0.418 e. The third kappa shape index (κ3) is 8.35. The third-order valence-corrected chi connectivity index (χ3v) is 11.3. The highest BCUT2D eigenvalue weighted by Gasteiger charge is 2.34. The van der Waals surface area contributed by atoms with Crippen LogP contribution in [0.5, 0.6) is 5.75 Å². The van der Waals surface area contributed by atoms with E-state index >= 15 is 0 Å². The first-order valence-corrected chi connectivity index (χ1v) is 19.9. The van der Waals surface area contributed by atoms with Crippen molar-refractivity contribution >= 4 is 42.0 Å². The summed E-state index contributed by atoms with van der Waals surface area (Å²) in [7, 11) is -4.80. The Hall–Kier alpha value is -4.29. The van der Waals surface area contributed by atoms with Crippen molar-refractivity contribution in [1.82, 2.24) is 9.97 Å². The van der Waals surface area contributed by atoms with Crippen molar-refractivity contribution in [1.29, 1.82) is 0 Å². The van der Waals surface area contributed by atoms with Crippen LogP contribution >= 0.6 is 0 Å². The normalized spacial score (nSPS) is 15.3. The first-order chi connectivity index (χ1) is 23.5. The number of nitrogens with zero attached hydrogens (tertiary/aromatic N) is 2. The van der Waals surface area contributed by atoms with Crippen LogP contribution < -0.4 is 4.74 Å². The van der Waals surface area contributed by atoms with E-state index in [2.05, 4.69) is 9.97 Å². The Kier molecular flexibility index (Phi) is 10.7. The summed E-state index contributed by atoms with van der Waals surface area (Å²) >= 11 is 0. The van der Waals surface area contributed by atoms with Gasteiger partial charge in [-0.2, -0.15) is 13.2 Å². The molecule has 0 atom stereocenters. The van der Waals surface area contributed by atoms with Gasteiger partial charge in [0.25, 0.3) is 0 Å². The largest absolute Gasteiger partial charge is 0.495 e. The zero-order valence-corrected chi connectivity index (χ0v) is 30.2. The minimum atomic E-state index is -4.44. The molecule has 0 fully saturated rings. The first-order valence-electron chi connectivity index (χ1n) is 16.1. The number of aromatic nitrogens is 2. The van der Waals surface area contributed by atoms with Gasteiger partial charge in [-0.3, -0.25) is 9.97 Å². The molecular formula is C38H39F3N2O5S2. The molecule has 12 heteroatoms. The highest BCUT2D eigenvalue weighted by molar-refractivity contribution is 7.91. The Labute approximate surface area is 291 Å². The van der Waals surface area contributed by atoms with Crippen molar-refractivity contribution in [3.05, 3.63) is 112 Å². The van der Waals surface area contributed by atoms with E-state index in [4.69, 9.17) is 4.74 Å². The number of methoxy groups -OCH3 is 1. The maximum Gasteiger partial charge on any atom is 0.418 e. The molecule has 0 spiro atoms. The summed E-state index contributed by atoms with van der Waals surface area (Å²) in [5.41, 5.74) is 7.90. The van der Waals surface area contributed by atoms with Crippen molar-refractivity contribution in [2.24, 2.45) is 0 Å². The van der Waals surface area contributed by atoms with E-state index in [9.17, 15) is 30.0 Å². The predicted molar refractivity (Wildman–Crippen MR) is 190 cm³/mol. The molecule has 2 heterocycles. The number of sulfone groups is 2. The highest BCUT2D eigenvalue weighted by Crippen LogP contribution is 2.42. The van der Waals surface area contributed by atoms with Crippen molar-refractivity contribution in [2.45, 2.75) is 68.3 Å². The molecule has 0 aliphatic heterocycles. The van der Waals surface area contributed by atoms with Crippen LogP contribution in [0, 0.1) is 13.8 Å². The van der Waals surface area contributed by atoms with E-state index in [1.807, 2.05) is 31.3 Å². The molecule has 2 aromatic carbocycles. The summed E-state index contributed by atoms with van der Waals surface area (Å²) < 4.78 is 91.3. The quantitative estimate of drug-likeness (QED) is 0.188. The number of alkyl halides is 3. The second kappa shape index (κ2) is 14.5. The van der Waals surface area contributed by atoms with E-state index < -0.39 is 31.4 Å². The summed E-state index contributed by atoms with van der Waals surface area (Å²) in [4.78, 5) is 8.93. The highest BCUT2D eigenvalue weighted by atomic mass is 32.2. The van der Waals surface area contributed by atoms with Crippen LogP contribution in [0.15, 0.2) is 82.8 Å². The number of hydrogen-bond acceptors (Lipinski definition) is 7. The fraction of sp³-hybridized carbons (Fsp3) is 0.316. The summed E-state index contributed by atoms with van der Waals surface area (Å²) in [5.74, 6) is 0.790. The molecule has 4 aromatic rings. The van der Waals surface area contributed by atoms with E-state index in [0.717, 1.165) is 83.7 Å². The Morgan fingerprint density at radius 1 is 0.600 bits per heavy atom. The van der Waals surface area contributed by atoms with Crippen LogP contribution in [-0.2, 0) is 25.9 Å². The number of ether oxygens (including phenoxy) is 1. The maximum atomic E-state index is 13.2. The molecule has 0 saturated carbocycles. The topological polar surface area (TPSA) is 103 Å². The van der Waals surface area contributed by atoms with E-state index in [1.165, 1.54) is 42.7 Å². The van der Waals surface area contributed by atoms with Gasteiger partial charge in [-0.05, 0) is 133 Å². The Morgan fingerprint density at radius 2 is 0.980 bits per heavy atom. The molecule has 0 radical (unpaired) electrons. The average molecular weight is 725 g/mol. The Bertz CT molecular complexity index is 2190. The van der Waals surface area contributed by atoms with Gasteiger partial charge >= 0.3 is 6.18 Å². The molecule has 2 aromatic heterocycles. The van der Waals surface area contributed by atoms with Gasteiger partial charge in [0.1, 0.15) is 5.75 Å². The lowest BCUT2D eigenvalue weighted by atomic mass is 9.97. The molecule has 50 heavy (non-hydrogen) atoms. The molecule has 0 saturated heterocycles. The first kappa shape index (κ1) is 37.0. The van der Waals surface area contributed by atoms with Gasteiger partial charge in [-0.1, -0.05) is 24.3 Å². The lowest BCUT2D eigenvalue weighted by molar-refractivity contribution is -0.138. The summed E-state index contributed by atoms with van der Waals surface area (Å²) in [6, 6.07) is 16.8. The van der Waals surface area contributed by atoms with Crippen LogP contribution in [0.25, 0.3) is 22.3 Å². The Morgan fingerprint density at radius 3 is 1.36 bits per heavy atom.